The molecule has 1 aromatic carbocycles. The Morgan fingerprint density at radius 3 is 2.30 bits per heavy atom. The van der Waals surface area contributed by atoms with E-state index in [2.05, 4.69) is 41.2 Å². The molecule has 20 heavy (non-hydrogen) atoms. The first-order valence-corrected chi connectivity index (χ1v) is 6.89. The van der Waals surface area contributed by atoms with Gasteiger partial charge in [-0.3, -0.25) is 0 Å². The van der Waals surface area contributed by atoms with Crippen molar-refractivity contribution >= 4 is 17.3 Å². The summed E-state index contributed by atoms with van der Waals surface area (Å²) in [5.41, 5.74) is 2.18. The SMILES string of the molecule is CNc1nc(C(C)C)nc(N(C)c2ccccc2)c1C. The highest BCUT2D eigenvalue weighted by atomic mass is 15.2. The van der Waals surface area contributed by atoms with Crippen molar-refractivity contribution in [1.29, 1.82) is 0 Å². The van der Waals surface area contributed by atoms with E-state index in [1.54, 1.807) is 0 Å². The highest BCUT2D eigenvalue weighted by molar-refractivity contribution is 5.66. The van der Waals surface area contributed by atoms with E-state index in [1.807, 2.05) is 39.2 Å². The summed E-state index contributed by atoms with van der Waals surface area (Å²) in [7, 11) is 3.93. The minimum absolute atomic E-state index is 0.297. The molecule has 0 saturated carbocycles. The Morgan fingerprint density at radius 2 is 1.75 bits per heavy atom. The molecule has 0 aliphatic carbocycles. The third-order valence-corrected chi connectivity index (χ3v) is 3.35. The molecular formula is C16H22N4. The molecule has 2 rings (SSSR count). The first kappa shape index (κ1) is 14.3. The maximum Gasteiger partial charge on any atom is 0.141 e. The average molecular weight is 270 g/mol. The maximum absolute atomic E-state index is 4.73. The van der Waals surface area contributed by atoms with E-state index in [-0.39, 0.29) is 0 Å². The third-order valence-electron chi connectivity index (χ3n) is 3.35. The summed E-state index contributed by atoms with van der Waals surface area (Å²) >= 11 is 0. The van der Waals surface area contributed by atoms with E-state index in [9.17, 15) is 0 Å². The van der Waals surface area contributed by atoms with Gasteiger partial charge in [0.1, 0.15) is 17.5 Å². The first-order chi connectivity index (χ1) is 9.54. The van der Waals surface area contributed by atoms with Gasteiger partial charge in [-0.1, -0.05) is 32.0 Å². The standard InChI is InChI=1S/C16H22N4/c1-11(2)14-18-15(17-4)12(3)16(19-14)20(5)13-9-7-6-8-10-13/h6-11H,1-5H3,(H,17,18,19). The number of nitrogens with zero attached hydrogens (tertiary/aromatic N) is 3. The molecule has 1 heterocycles. The summed E-state index contributed by atoms with van der Waals surface area (Å²) < 4.78 is 0. The maximum atomic E-state index is 4.73. The Balaban J connectivity index is 2.52. The fraction of sp³-hybridized carbons (Fsp3) is 0.375. The lowest BCUT2D eigenvalue weighted by Crippen LogP contribution is -2.16. The smallest absolute Gasteiger partial charge is 0.141 e. The van der Waals surface area contributed by atoms with Gasteiger partial charge in [0.2, 0.25) is 0 Å². The van der Waals surface area contributed by atoms with Crippen molar-refractivity contribution in [1.82, 2.24) is 9.97 Å². The molecule has 1 N–H and O–H groups in total. The van der Waals surface area contributed by atoms with Crippen LogP contribution >= 0.6 is 0 Å². The Bertz CT molecular complexity index is 579. The zero-order valence-electron chi connectivity index (χ0n) is 12.8. The summed E-state index contributed by atoms with van der Waals surface area (Å²) in [5.74, 6) is 2.99. The van der Waals surface area contributed by atoms with Gasteiger partial charge in [-0.25, -0.2) is 9.97 Å². The van der Waals surface area contributed by atoms with Crippen molar-refractivity contribution in [3.63, 3.8) is 0 Å². The molecular weight excluding hydrogens is 248 g/mol. The number of hydrogen-bond acceptors (Lipinski definition) is 4. The van der Waals surface area contributed by atoms with E-state index in [0.717, 1.165) is 28.7 Å². The van der Waals surface area contributed by atoms with Gasteiger partial charge < -0.3 is 10.2 Å². The fourth-order valence-corrected chi connectivity index (χ4v) is 2.12. The predicted octanol–water partition coefficient (Wildman–Crippen LogP) is 3.72. The van der Waals surface area contributed by atoms with Crippen LogP contribution in [0.1, 0.15) is 31.2 Å². The Hall–Kier alpha value is -2.10. The summed E-state index contributed by atoms with van der Waals surface area (Å²) in [6, 6.07) is 10.2. The van der Waals surface area contributed by atoms with Crippen molar-refractivity contribution < 1.29 is 0 Å². The molecule has 0 unspecified atom stereocenters. The quantitative estimate of drug-likeness (QED) is 0.919. The van der Waals surface area contributed by atoms with E-state index in [4.69, 9.17) is 4.98 Å². The van der Waals surface area contributed by atoms with E-state index >= 15 is 0 Å². The number of para-hydroxylation sites is 1. The predicted molar refractivity (Wildman–Crippen MR) is 84.9 cm³/mol. The van der Waals surface area contributed by atoms with Crippen LogP contribution in [-0.2, 0) is 0 Å². The Kier molecular flexibility index (Phi) is 4.23. The van der Waals surface area contributed by atoms with Crippen LogP contribution in [0.3, 0.4) is 0 Å². The molecule has 4 nitrogen and oxygen atoms in total. The Labute approximate surface area is 120 Å². The molecule has 0 amide bonds. The van der Waals surface area contributed by atoms with Gasteiger partial charge in [0.25, 0.3) is 0 Å². The van der Waals surface area contributed by atoms with Crippen LogP contribution in [0.4, 0.5) is 17.3 Å². The Morgan fingerprint density at radius 1 is 1.10 bits per heavy atom. The van der Waals surface area contributed by atoms with Crippen molar-refractivity contribution in [2.45, 2.75) is 26.7 Å². The second-order valence-electron chi connectivity index (χ2n) is 5.18. The van der Waals surface area contributed by atoms with Crippen LogP contribution in [-0.4, -0.2) is 24.1 Å². The number of aromatic nitrogens is 2. The lowest BCUT2D eigenvalue weighted by molar-refractivity contribution is 0.771. The molecule has 2 aromatic rings. The van der Waals surface area contributed by atoms with Crippen LogP contribution in [0, 0.1) is 6.92 Å². The molecule has 0 atom stereocenters. The molecule has 0 aliphatic heterocycles. The number of benzene rings is 1. The van der Waals surface area contributed by atoms with Gasteiger partial charge in [-0.2, -0.15) is 0 Å². The summed E-state index contributed by atoms with van der Waals surface area (Å²) in [5, 5.41) is 3.16. The lowest BCUT2D eigenvalue weighted by Gasteiger charge is -2.23. The first-order valence-electron chi connectivity index (χ1n) is 6.89. The zero-order chi connectivity index (χ0) is 14.7. The summed E-state index contributed by atoms with van der Waals surface area (Å²) in [6.45, 7) is 6.26. The average Bonchev–Trinajstić information content (AvgIpc) is 2.47. The van der Waals surface area contributed by atoms with Crippen molar-refractivity contribution in [3.05, 3.63) is 41.7 Å². The highest BCUT2D eigenvalue weighted by Crippen LogP contribution is 2.29. The number of hydrogen-bond donors (Lipinski definition) is 1. The topological polar surface area (TPSA) is 41.1 Å². The van der Waals surface area contributed by atoms with Crippen LogP contribution in [0.2, 0.25) is 0 Å². The second-order valence-corrected chi connectivity index (χ2v) is 5.18. The highest BCUT2D eigenvalue weighted by Gasteiger charge is 2.16. The summed E-state index contributed by atoms with van der Waals surface area (Å²) in [6.07, 6.45) is 0. The monoisotopic (exact) mass is 270 g/mol. The number of rotatable bonds is 4. The molecule has 0 radical (unpaired) electrons. The minimum atomic E-state index is 0.297. The van der Waals surface area contributed by atoms with Gasteiger partial charge in [-0.05, 0) is 19.1 Å². The van der Waals surface area contributed by atoms with Gasteiger partial charge in [0.15, 0.2) is 0 Å². The van der Waals surface area contributed by atoms with E-state index in [1.165, 1.54) is 0 Å². The van der Waals surface area contributed by atoms with Crippen molar-refractivity contribution in [3.8, 4) is 0 Å². The molecule has 0 bridgehead atoms. The fourth-order valence-electron chi connectivity index (χ4n) is 2.12. The van der Waals surface area contributed by atoms with Crippen molar-refractivity contribution in [2.75, 3.05) is 24.3 Å². The summed E-state index contributed by atoms with van der Waals surface area (Å²) in [4.78, 5) is 11.4. The molecule has 1 aromatic heterocycles. The second kappa shape index (κ2) is 5.90. The zero-order valence-corrected chi connectivity index (χ0v) is 12.8. The van der Waals surface area contributed by atoms with Crippen molar-refractivity contribution in [2.24, 2.45) is 0 Å². The number of anilines is 3. The molecule has 0 aliphatic rings. The lowest BCUT2D eigenvalue weighted by atomic mass is 10.2. The van der Waals surface area contributed by atoms with Crippen LogP contribution in [0.15, 0.2) is 30.3 Å². The molecule has 0 spiro atoms. The minimum Gasteiger partial charge on any atom is -0.373 e. The van der Waals surface area contributed by atoms with Gasteiger partial charge in [-0.15, -0.1) is 0 Å². The molecule has 4 heteroatoms. The van der Waals surface area contributed by atoms with Crippen LogP contribution < -0.4 is 10.2 Å². The van der Waals surface area contributed by atoms with E-state index < -0.39 is 0 Å². The van der Waals surface area contributed by atoms with Crippen LogP contribution in [0.5, 0.6) is 0 Å². The molecule has 0 fully saturated rings. The van der Waals surface area contributed by atoms with Crippen LogP contribution in [0.25, 0.3) is 0 Å². The number of nitrogens with one attached hydrogen (secondary N) is 1. The normalized spacial score (nSPS) is 10.7. The third kappa shape index (κ3) is 2.74. The van der Waals surface area contributed by atoms with Gasteiger partial charge >= 0.3 is 0 Å². The van der Waals surface area contributed by atoms with Gasteiger partial charge in [0, 0.05) is 31.3 Å². The molecule has 0 saturated heterocycles. The largest absolute Gasteiger partial charge is 0.373 e. The van der Waals surface area contributed by atoms with Gasteiger partial charge in [0.05, 0.1) is 0 Å². The van der Waals surface area contributed by atoms with E-state index in [0.29, 0.717) is 5.92 Å². The molecule has 106 valence electrons.